The molecule has 2 rings (SSSR count). The molecule has 2 aromatic heterocycles. The number of aromatic nitrogens is 4. The highest BCUT2D eigenvalue weighted by atomic mass is 32.2. The number of hydrazine groups is 1. The fourth-order valence-corrected chi connectivity index (χ4v) is 1.89. The van der Waals surface area contributed by atoms with E-state index >= 15 is 0 Å². The Bertz CT molecular complexity index is 529. The van der Waals surface area contributed by atoms with Gasteiger partial charge in [-0.3, -0.25) is 4.68 Å². The molecule has 0 aliphatic rings. The first kappa shape index (κ1) is 12.7. The van der Waals surface area contributed by atoms with Crippen LogP contribution in [0.15, 0.2) is 17.4 Å². The van der Waals surface area contributed by atoms with Crippen molar-refractivity contribution in [3.8, 4) is 0 Å². The molecule has 0 unspecified atom stereocenters. The quantitative estimate of drug-likeness (QED) is 0.332. The largest absolute Gasteiger partial charge is 0.337 e. The number of rotatable bonds is 4. The molecular formula is C10H15N7S. The minimum Gasteiger partial charge on any atom is -0.337 e. The zero-order valence-electron chi connectivity index (χ0n) is 10.4. The van der Waals surface area contributed by atoms with Gasteiger partial charge < -0.3 is 10.7 Å². The summed E-state index contributed by atoms with van der Waals surface area (Å²) in [5, 5.41) is 8.10. The van der Waals surface area contributed by atoms with Gasteiger partial charge in [0, 0.05) is 19.3 Å². The molecule has 8 heteroatoms. The second kappa shape index (κ2) is 5.23. The van der Waals surface area contributed by atoms with Gasteiger partial charge in [-0.1, -0.05) is 11.8 Å². The highest BCUT2D eigenvalue weighted by Crippen LogP contribution is 2.21. The van der Waals surface area contributed by atoms with Gasteiger partial charge in [0.05, 0.1) is 11.4 Å². The van der Waals surface area contributed by atoms with Crippen LogP contribution in [0.4, 0.5) is 17.3 Å². The van der Waals surface area contributed by atoms with Crippen LogP contribution in [0.25, 0.3) is 0 Å². The molecule has 0 saturated carbocycles. The van der Waals surface area contributed by atoms with Gasteiger partial charge >= 0.3 is 0 Å². The Morgan fingerprint density at radius 1 is 1.33 bits per heavy atom. The molecule has 96 valence electrons. The van der Waals surface area contributed by atoms with E-state index in [4.69, 9.17) is 5.84 Å². The topological polar surface area (TPSA) is 93.7 Å². The molecule has 2 heterocycles. The van der Waals surface area contributed by atoms with E-state index in [-0.39, 0.29) is 0 Å². The van der Waals surface area contributed by atoms with E-state index in [2.05, 4.69) is 25.8 Å². The number of thioether (sulfide) groups is 1. The second-order valence-electron chi connectivity index (χ2n) is 3.70. The van der Waals surface area contributed by atoms with Crippen molar-refractivity contribution in [2.24, 2.45) is 12.9 Å². The maximum absolute atomic E-state index is 5.38. The van der Waals surface area contributed by atoms with Crippen LogP contribution in [-0.4, -0.2) is 26.0 Å². The standard InChI is InChI=1S/C10H15N7S/c1-6-7(5-17(2)16-6)12-8-4-9(15-11)14-10(13-8)18-3/h4-5H,11H2,1-3H3,(H2,12,13,14,15). The van der Waals surface area contributed by atoms with E-state index in [0.717, 1.165) is 11.4 Å². The summed E-state index contributed by atoms with van der Waals surface area (Å²) < 4.78 is 1.75. The summed E-state index contributed by atoms with van der Waals surface area (Å²) in [4.78, 5) is 8.55. The number of hydrogen-bond acceptors (Lipinski definition) is 7. The zero-order valence-corrected chi connectivity index (χ0v) is 11.2. The Balaban J connectivity index is 2.30. The predicted octanol–water partition coefficient (Wildman–Crippen LogP) is 1.27. The summed E-state index contributed by atoms with van der Waals surface area (Å²) in [6.07, 6.45) is 3.81. The molecule has 0 spiro atoms. The average molecular weight is 265 g/mol. The van der Waals surface area contributed by atoms with Crippen molar-refractivity contribution in [3.05, 3.63) is 18.0 Å². The summed E-state index contributed by atoms with van der Waals surface area (Å²) in [5.41, 5.74) is 4.34. The van der Waals surface area contributed by atoms with Gasteiger partial charge in [-0.2, -0.15) is 5.10 Å². The van der Waals surface area contributed by atoms with Crippen molar-refractivity contribution in [3.63, 3.8) is 0 Å². The molecule has 0 atom stereocenters. The Morgan fingerprint density at radius 2 is 2.06 bits per heavy atom. The van der Waals surface area contributed by atoms with Gasteiger partial charge in [0.15, 0.2) is 5.16 Å². The smallest absolute Gasteiger partial charge is 0.191 e. The van der Waals surface area contributed by atoms with E-state index in [1.165, 1.54) is 11.8 Å². The van der Waals surface area contributed by atoms with Crippen LogP contribution in [0.1, 0.15) is 5.69 Å². The van der Waals surface area contributed by atoms with Crippen molar-refractivity contribution in [1.29, 1.82) is 0 Å². The minimum absolute atomic E-state index is 0.568. The summed E-state index contributed by atoms with van der Waals surface area (Å²) in [7, 11) is 1.87. The normalized spacial score (nSPS) is 10.4. The number of hydrogen-bond donors (Lipinski definition) is 3. The lowest BCUT2D eigenvalue weighted by Gasteiger charge is -2.07. The lowest BCUT2D eigenvalue weighted by Crippen LogP contribution is -2.10. The highest BCUT2D eigenvalue weighted by molar-refractivity contribution is 7.98. The molecule has 0 bridgehead atoms. The van der Waals surface area contributed by atoms with Crippen LogP contribution in [0.5, 0.6) is 0 Å². The van der Waals surface area contributed by atoms with Crippen LogP contribution in [0, 0.1) is 6.92 Å². The van der Waals surface area contributed by atoms with Gasteiger partial charge in [-0.25, -0.2) is 15.8 Å². The van der Waals surface area contributed by atoms with Crippen LogP contribution in [0.3, 0.4) is 0 Å². The number of nitrogens with two attached hydrogens (primary N) is 1. The molecule has 0 saturated heterocycles. The maximum Gasteiger partial charge on any atom is 0.191 e. The Kier molecular flexibility index (Phi) is 3.68. The zero-order chi connectivity index (χ0) is 13.1. The van der Waals surface area contributed by atoms with Gasteiger partial charge in [0.25, 0.3) is 0 Å². The Labute approximate surface area is 109 Å². The van der Waals surface area contributed by atoms with E-state index in [9.17, 15) is 0 Å². The average Bonchev–Trinajstić information content (AvgIpc) is 2.67. The van der Waals surface area contributed by atoms with Crippen molar-refractivity contribution in [1.82, 2.24) is 19.7 Å². The van der Waals surface area contributed by atoms with Gasteiger partial charge in [-0.05, 0) is 13.2 Å². The van der Waals surface area contributed by atoms with Crippen molar-refractivity contribution in [2.75, 3.05) is 17.0 Å². The van der Waals surface area contributed by atoms with Gasteiger partial charge in [0.2, 0.25) is 0 Å². The summed E-state index contributed by atoms with van der Waals surface area (Å²) >= 11 is 1.45. The van der Waals surface area contributed by atoms with Gasteiger partial charge in [0.1, 0.15) is 11.6 Å². The molecule has 7 nitrogen and oxygen atoms in total. The van der Waals surface area contributed by atoms with Crippen molar-refractivity contribution in [2.45, 2.75) is 12.1 Å². The second-order valence-corrected chi connectivity index (χ2v) is 4.47. The van der Waals surface area contributed by atoms with Crippen molar-refractivity contribution < 1.29 is 0 Å². The third kappa shape index (κ3) is 2.71. The maximum atomic E-state index is 5.38. The number of aryl methyl sites for hydroxylation is 2. The Hall–Kier alpha value is -1.80. The third-order valence-corrected chi connectivity index (χ3v) is 2.86. The van der Waals surface area contributed by atoms with Gasteiger partial charge in [-0.15, -0.1) is 0 Å². The first-order valence-electron chi connectivity index (χ1n) is 5.29. The molecule has 18 heavy (non-hydrogen) atoms. The number of nitrogens with one attached hydrogen (secondary N) is 2. The third-order valence-electron chi connectivity index (χ3n) is 2.31. The fraction of sp³-hybridized carbons (Fsp3) is 0.300. The number of nitrogens with zero attached hydrogens (tertiary/aromatic N) is 4. The molecule has 0 aliphatic heterocycles. The number of anilines is 3. The van der Waals surface area contributed by atoms with E-state index in [1.807, 2.05) is 26.4 Å². The lowest BCUT2D eigenvalue weighted by atomic mass is 10.4. The summed E-state index contributed by atoms with van der Waals surface area (Å²) in [6.45, 7) is 1.93. The SMILES string of the molecule is CSc1nc(NN)cc(Nc2cn(C)nc2C)n1. The molecular weight excluding hydrogens is 250 g/mol. The molecule has 4 N–H and O–H groups in total. The Morgan fingerprint density at radius 3 is 2.61 bits per heavy atom. The van der Waals surface area contributed by atoms with Crippen LogP contribution in [0.2, 0.25) is 0 Å². The van der Waals surface area contributed by atoms with Crippen LogP contribution in [-0.2, 0) is 7.05 Å². The molecule has 0 aliphatic carbocycles. The highest BCUT2D eigenvalue weighted by Gasteiger charge is 2.07. The minimum atomic E-state index is 0.568. The van der Waals surface area contributed by atoms with Crippen LogP contribution >= 0.6 is 11.8 Å². The molecule has 0 radical (unpaired) electrons. The first-order valence-corrected chi connectivity index (χ1v) is 6.52. The summed E-state index contributed by atoms with van der Waals surface area (Å²) in [6, 6.07) is 1.74. The first-order chi connectivity index (χ1) is 8.62. The molecule has 2 aromatic rings. The van der Waals surface area contributed by atoms with Crippen molar-refractivity contribution >= 4 is 29.1 Å². The molecule has 0 amide bonds. The number of nitrogen functional groups attached to an aromatic ring is 1. The molecule has 0 fully saturated rings. The lowest BCUT2D eigenvalue weighted by molar-refractivity contribution is 0.756. The molecule has 0 aromatic carbocycles. The van der Waals surface area contributed by atoms with E-state index in [1.54, 1.807) is 10.7 Å². The van der Waals surface area contributed by atoms with E-state index in [0.29, 0.717) is 16.8 Å². The predicted molar refractivity (Wildman–Crippen MR) is 72.9 cm³/mol. The summed E-state index contributed by atoms with van der Waals surface area (Å²) in [5.74, 6) is 6.62. The van der Waals surface area contributed by atoms with Crippen LogP contribution < -0.4 is 16.6 Å². The van der Waals surface area contributed by atoms with E-state index < -0.39 is 0 Å². The monoisotopic (exact) mass is 265 g/mol. The fourth-order valence-electron chi connectivity index (χ4n) is 1.51.